The molecule has 0 saturated heterocycles. The molecule has 0 atom stereocenters. The molecular formula is C62H59BN8. The SMILES string of the molecule is Cc1cccc(C)c1-c1nc2c3c(cc4nc(C(C)(C)C)n(-c5c(C)cccc5C)c42)B2c4c(cccc4-n4c(-c5c(C)cccc5C)nc5c4c2cc2nc(C(C)(C)C)n(-c4c(C)cccc4C)c25)-n13. The summed E-state index contributed by atoms with van der Waals surface area (Å²) in [5.74, 6) is 3.91. The van der Waals surface area contributed by atoms with Crippen LogP contribution in [0.1, 0.15) is 97.7 Å². The van der Waals surface area contributed by atoms with Crippen molar-refractivity contribution in [3.05, 3.63) is 159 Å². The van der Waals surface area contributed by atoms with E-state index in [-0.39, 0.29) is 17.5 Å². The van der Waals surface area contributed by atoms with E-state index in [1.165, 1.54) is 72.3 Å². The van der Waals surface area contributed by atoms with Gasteiger partial charge in [0.2, 0.25) is 0 Å². The lowest BCUT2D eigenvalue weighted by atomic mass is 9.34. The number of para-hydroxylation sites is 2. The van der Waals surface area contributed by atoms with E-state index in [9.17, 15) is 0 Å². The lowest BCUT2D eigenvalue weighted by molar-refractivity contribution is 0.538. The van der Waals surface area contributed by atoms with E-state index in [4.69, 9.17) is 19.9 Å². The molecule has 0 amide bonds. The van der Waals surface area contributed by atoms with E-state index in [0.717, 1.165) is 89.9 Å². The summed E-state index contributed by atoms with van der Waals surface area (Å²) < 4.78 is 9.89. The lowest BCUT2D eigenvalue weighted by Crippen LogP contribution is -2.59. The van der Waals surface area contributed by atoms with Crippen LogP contribution in [0.2, 0.25) is 0 Å². The van der Waals surface area contributed by atoms with Gasteiger partial charge in [0.1, 0.15) is 45.4 Å². The van der Waals surface area contributed by atoms with Crippen molar-refractivity contribution < 1.29 is 0 Å². The van der Waals surface area contributed by atoms with Gasteiger partial charge >= 0.3 is 0 Å². The average Bonchev–Trinajstić information content (AvgIpc) is 4.08. The molecule has 0 spiro atoms. The van der Waals surface area contributed by atoms with Crippen LogP contribution in [-0.2, 0) is 10.8 Å². The molecule has 2 aliphatic rings. The number of aromatic nitrogens is 8. The third kappa shape index (κ3) is 5.80. The van der Waals surface area contributed by atoms with Gasteiger partial charge in [-0.25, -0.2) is 19.9 Å². The first kappa shape index (κ1) is 43.5. The highest BCUT2D eigenvalue weighted by Gasteiger charge is 2.45. The van der Waals surface area contributed by atoms with Gasteiger partial charge in [0.25, 0.3) is 6.71 Å². The summed E-state index contributed by atoms with van der Waals surface area (Å²) in [6, 6.07) is 38.1. The molecule has 4 aromatic heterocycles. The molecule has 0 unspecified atom stereocenters. The van der Waals surface area contributed by atoms with E-state index in [1.807, 2.05) is 0 Å². The van der Waals surface area contributed by atoms with Crippen LogP contribution < -0.4 is 16.4 Å². The Labute approximate surface area is 416 Å². The number of rotatable bonds is 4. The maximum Gasteiger partial charge on any atom is 0.252 e. The fraction of sp³-hybridized carbons (Fsp3) is 0.258. The van der Waals surface area contributed by atoms with Gasteiger partial charge in [-0.1, -0.05) is 120 Å². The van der Waals surface area contributed by atoms with Crippen LogP contribution >= 0.6 is 0 Å². The topological polar surface area (TPSA) is 71.3 Å². The molecule has 0 saturated carbocycles. The van der Waals surface area contributed by atoms with Crippen molar-refractivity contribution in [3.8, 4) is 45.5 Å². The minimum absolute atomic E-state index is 0.183. The van der Waals surface area contributed by atoms with Crippen molar-refractivity contribution in [3.63, 3.8) is 0 Å². The molecule has 2 aliphatic heterocycles. The van der Waals surface area contributed by atoms with Crippen molar-refractivity contribution in [1.82, 2.24) is 38.2 Å². The monoisotopic (exact) mass is 926 g/mol. The number of hydrogen-bond donors (Lipinski definition) is 0. The van der Waals surface area contributed by atoms with E-state index in [1.54, 1.807) is 0 Å². The first-order valence-corrected chi connectivity index (χ1v) is 25.2. The number of aryl methyl sites for hydroxylation is 8. The van der Waals surface area contributed by atoms with Crippen LogP contribution in [0.4, 0.5) is 0 Å². The second kappa shape index (κ2) is 14.5. The van der Waals surface area contributed by atoms with E-state index in [0.29, 0.717) is 0 Å². The zero-order chi connectivity index (χ0) is 49.5. The predicted octanol–water partition coefficient (Wildman–Crippen LogP) is 12.6. The Morgan fingerprint density at radius 2 is 0.704 bits per heavy atom. The molecule has 0 bridgehead atoms. The summed E-state index contributed by atoms with van der Waals surface area (Å²) in [7, 11) is 0. The molecule has 71 heavy (non-hydrogen) atoms. The third-order valence-corrected chi connectivity index (χ3v) is 15.7. The van der Waals surface area contributed by atoms with Crippen molar-refractivity contribution in [1.29, 1.82) is 0 Å². The number of fused-ring (bicyclic) bond motifs is 8. The van der Waals surface area contributed by atoms with Crippen LogP contribution in [0.25, 0.3) is 89.7 Å². The van der Waals surface area contributed by atoms with E-state index in [2.05, 4.69) is 218 Å². The molecule has 0 N–H and O–H groups in total. The molecule has 11 aromatic rings. The van der Waals surface area contributed by atoms with Crippen molar-refractivity contribution in [2.45, 2.75) is 108 Å². The smallest absolute Gasteiger partial charge is 0.252 e. The average molecular weight is 927 g/mol. The molecular weight excluding hydrogens is 868 g/mol. The van der Waals surface area contributed by atoms with Crippen LogP contribution in [-0.4, -0.2) is 44.9 Å². The summed E-state index contributed by atoms with van der Waals surface area (Å²) in [6.07, 6.45) is 0. The molecule has 9 heteroatoms. The summed E-state index contributed by atoms with van der Waals surface area (Å²) in [5, 5.41) is 0. The summed E-state index contributed by atoms with van der Waals surface area (Å²) in [5.41, 5.74) is 27.6. The van der Waals surface area contributed by atoms with Crippen molar-refractivity contribution in [2.24, 2.45) is 0 Å². The second-order valence-corrected chi connectivity index (χ2v) is 22.8. The standard InChI is InChI=1S/C62H59BN8/c1-32-20-15-21-33(2)46(32)57-66-49-53-40(30-42-55(49)70(59(64-42)61(9,10)11)51-36(5)24-17-25-37(51)6)63-41-31-43-56(71(60(65-43)62(12,13)14)52-38(7)26-18-27-39(52)8)50-54(41)69(45-29-19-28-44(48(45)63)68(53)57)58(67-50)47-34(3)22-16-23-35(47)4/h15-31H,1-14H3. The van der Waals surface area contributed by atoms with Gasteiger partial charge in [-0.15, -0.1) is 0 Å². The van der Waals surface area contributed by atoms with E-state index < -0.39 is 0 Å². The van der Waals surface area contributed by atoms with Gasteiger partial charge < -0.3 is 0 Å². The third-order valence-electron chi connectivity index (χ3n) is 15.7. The normalized spacial score (nSPS) is 13.2. The molecule has 13 rings (SSSR count). The molecule has 6 heterocycles. The van der Waals surface area contributed by atoms with Gasteiger partial charge in [0.15, 0.2) is 0 Å². The van der Waals surface area contributed by atoms with Gasteiger partial charge in [-0.2, -0.15) is 0 Å². The number of nitrogens with zero attached hydrogens (tertiary/aromatic N) is 8. The number of benzene rings is 7. The maximum absolute atomic E-state index is 5.95. The van der Waals surface area contributed by atoms with Crippen LogP contribution in [0.3, 0.4) is 0 Å². The van der Waals surface area contributed by atoms with Crippen LogP contribution in [0, 0.1) is 55.4 Å². The fourth-order valence-corrected chi connectivity index (χ4v) is 12.7. The van der Waals surface area contributed by atoms with Crippen molar-refractivity contribution >= 4 is 67.2 Å². The Hall–Kier alpha value is -7.52. The molecule has 0 radical (unpaired) electrons. The Morgan fingerprint density at radius 3 is 1.04 bits per heavy atom. The molecule has 350 valence electrons. The Morgan fingerprint density at radius 1 is 0.380 bits per heavy atom. The fourth-order valence-electron chi connectivity index (χ4n) is 12.7. The zero-order valence-electron chi connectivity index (χ0n) is 43.5. The van der Waals surface area contributed by atoms with Gasteiger partial charge in [-0.3, -0.25) is 18.3 Å². The zero-order valence-corrected chi connectivity index (χ0v) is 43.5. The Kier molecular flexibility index (Phi) is 8.91. The molecule has 7 aromatic carbocycles. The summed E-state index contributed by atoms with van der Waals surface area (Å²) >= 11 is 0. The Balaban J connectivity index is 1.26. The van der Waals surface area contributed by atoms with E-state index >= 15 is 0 Å². The maximum atomic E-state index is 5.95. The predicted molar refractivity (Wildman–Crippen MR) is 296 cm³/mol. The number of hydrogen-bond acceptors (Lipinski definition) is 4. The van der Waals surface area contributed by atoms with Gasteiger partial charge in [0, 0.05) is 33.3 Å². The van der Waals surface area contributed by atoms with Gasteiger partial charge in [-0.05, 0) is 141 Å². The lowest BCUT2D eigenvalue weighted by Gasteiger charge is -2.33. The van der Waals surface area contributed by atoms with Crippen molar-refractivity contribution in [2.75, 3.05) is 0 Å². The first-order chi connectivity index (χ1) is 33.8. The highest BCUT2D eigenvalue weighted by atomic mass is 15.2. The minimum Gasteiger partial charge on any atom is -0.293 e. The molecule has 0 fully saturated rings. The van der Waals surface area contributed by atoms with Gasteiger partial charge in [0.05, 0.1) is 33.4 Å². The number of imidazole rings is 4. The second-order valence-electron chi connectivity index (χ2n) is 22.8. The highest BCUT2D eigenvalue weighted by molar-refractivity contribution is 7.00. The highest BCUT2D eigenvalue weighted by Crippen LogP contribution is 2.44. The quantitative estimate of drug-likeness (QED) is 0.165. The Bertz CT molecular complexity index is 3830. The first-order valence-electron chi connectivity index (χ1n) is 25.2. The van der Waals surface area contributed by atoms with Crippen LogP contribution in [0.5, 0.6) is 0 Å². The minimum atomic E-state index is -0.285. The molecule has 8 nitrogen and oxygen atoms in total. The van der Waals surface area contributed by atoms with Crippen LogP contribution in [0.15, 0.2) is 103 Å². The summed E-state index contributed by atoms with van der Waals surface area (Å²) in [6.45, 7) is 31.3. The largest absolute Gasteiger partial charge is 0.293 e. The summed E-state index contributed by atoms with van der Waals surface area (Å²) in [4.78, 5) is 23.3. The molecule has 0 aliphatic carbocycles.